The highest BCUT2D eigenvalue weighted by molar-refractivity contribution is 5.86. The molecule has 1 atom stereocenters. The van der Waals surface area contributed by atoms with Crippen molar-refractivity contribution in [2.75, 3.05) is 7.05 Å². The van der Waals surface area contributed by atoms with E-state index < -0.39 is 5.54 Å². The van der Waals surface area contributed by atoms with Crippen LogP contribution in [0.2, 0.25) is 0 Å². The van der Waals surface area contributed by atoms with Crippen LogP contribution in [0.15, 0.2) is 36.4 Å². The van der Waals surface area contributed by atoms with E-state index in [1.807, 2.05) is 54.9 Å². The van der Waals surface area contributed by atoms with Crippen LogP contribution >= 0.6 is 0 Å². The van der Waals surface area contributed by atoms with Crippen molar-refractivity contribution in [3.8, 4) is 0 Å². The molecule has 0 aliphatic carbocycles. The van der Waals surface area contributed by atoms with Gasteiger partial charge in [0.1, 0.15) is 5.54 Å². The van der Waals surface area contributed by atoms with E-state index in [0.29, 0.717) is 13.0 Å². The highest BCUT2D eigenvalue weighted by Crippen LogP contribution is 2.25. The zero-order valence-electron chi connectivity index (χ0n) is 12.8. The van der Waals surface area contributed by atoms with Gasteiger partial charge in [0.05, 0.1) is 5.69 Å². The molecule has 0 radical (unpaired) electrons. The molecule has 1 amide bonds. The van der Waals surface area contributed by atoms with Crippen molar-refractivity contribution in [1.82, 2.24) is 15.1 Å². The van der Waals surface area contributed by atoms with Crippen LogP contribution in [0.4, 0.5) is 0 Å². The number of carbonyl (C=O) groups is 1. The summed E-state index contributed by atoms with van der Waals surface area (Å²) in [6.07, 6.45) is 0.546. The molecule has 0 saturated carbocycles. The molecular weight excluding hydrogens is 264 g/mol. The zero-order valence-corrected chi connectivity index (χ0v) is 12.8. The Morgan fingerprint density at radius 3 is 2.48 bits per heavy atom. The van der Waals surface area contributed by atoms with E-state index in [2.05, 4.69) is 10.4 Å². The Bertz CT molecular complexity index is 620. The van der Waals surface area contributed by atoms with Gasteiger partial charge in [-0.2, -0.15) is 5.10 Å². The molecule has 1 unspecified atom stereocenters. The van der Waals surface area contributed by atoms with Crippen molar-refractivity contribution < 1.29 is 4.79 Å². The minimum Gasteiger partial charge on any atom is -0.368 e. The summed E-state index contributed by atoms with van der Waals surface area (Å²) in [6.45, 7) is 4.59. The van der Waals surface area contributed by atoms with Crippen LogP contribution < -0.4 is 11.1 Å². The number of aromatic nitrogens is 2. The van der Waals surface area contributed by atoms with Crippen molar-refractivity contribution in [2.24, 2.45) is 5.73 Å². The third-order valence-corrected chi connectivity index (χ3v) is 3.92. The lowest BCUT2D eigenvalue weighted by molar-refractivity contribution is -0.125. The summed E-state index contributed by atoms with van der Waals surface area (Å²) in [6, 6.07) is 11.6. The third-order valence-electron chi connectivity index (χ3n) is 3.92. The number of nitrogens with one attached hydrogen (secondary N) is 1. The summed E-state index contributed by atoms with van der Waals surface area (Å²) in [4.78, 5) is 12.1. The molecule has 2 rings (SSSR count). The van der Waals surface area contributed by atoms with Crippen LogP contribution in [0.5, 0.6) is 0 Å². The van der Waals surface area contributed by atoms with Crippen LogP contribution in [0.1, 0.15) is 23.4 Å². The second kappa shape index (κ2) is 6.10. The summed E-state index contributed by atoms with van der Waals surface area (Å²) in [5.74, 6) is -0.377. The molecule has 0 aliphatic rings. The maximum Gasteiger partial charge on any atom is 0.242 e. The second-order valence-electron chi connectivity index (χ2n) is 5.29. The van der Waals surface area contributed by atoms with Crippen molar-refractivity contribution in [3.63, 3.8) is 0 Å². The molecule has 3 N–H and O–H groups in total. The second-order valence-corrected chi connectivity index (χ2v) is 5.29. The lowest BCUT2D eigenvalue weighted by Gasteiger charge is -2.31. The number of nitrogens with two attached hydrogens (primary N) is 1. The maximum absolute atomic E-state index is 12.1. The van der Waals surface area contributed by atoms with Gasteiger partial charge in [0, 0.05) is 12.2 Å². The molecule has 1 aromatic heterocycles. The first kappa shape index (κ1) is 15.3. The summed E-state index contributed by atoms with van der Waals surface area (Å²) in [5.41, 5.74) is 7.74. The topological polar surface area (TPSA) is 72.9 Å². The first-order chi connectivity index (χ1) is 9.99. The molecule has 1 aromatic carbocycles. The standard InChI is InChI=1S/C16H22N4O/c1-12-11-13(2)20(19-12)10-9-16(18-3,15(17)21)14-7-5-4-6-8-14/h4-8,11,18H,9-10H2,1-3H3,(H2,17,21). The fourth-order valence-corrected chi connectivity index (χ4v) is 2.70. The molecule has 5 heteroatoms. The number of primary amides is 1. The van der Waals surface area contributed by atoms with Crippen LogP contribution in [-0.4, -0.2) is 22.7 Å². The molecular formula is C16H22N4O. The van der Waals surface area contributed by atoms with Crippen LogP contribution in [0.25, 0.3) is 0 Å². The van der Waals surface area contributed by atoms with Gasteiger partial charge in [0.15, 0.2) is 0 Å². The summed E-state index contributed by atoms with van der Waals surface area (Å²) < 4.78 is 1.91. The average molecular weight is 286 g/mol. The lowest BCUT2D eigenvalue weighted by atomic mass is 9.86. The fourth-order valence-electron chi connectivity index (χ4n) is 2.70. The molecule has 1 heterocycles. The van der Waals surface area contributed by atoms with Gasteiger partial charge in [-0.3, -0.25) is 9.48 Å². The average Bonchev–Trinajstić information content (AvgIpc) is 2.79. The van der Waals surface area contributed by atoms with Crippen molar-refractivity contribution >= 4 is 5.91 Å². The Balaban J connectivity index is 2.29. The van der Waals surface area contributed by atoms with Gasteiger partial charge in [-0.1, -0.05) is 30.3 Å². The van der Waals surface area contributed by atoms with E-state index in [0.717, 1.165) is 17.0 Å². The number of nitrogens with zero attached hydrogens (tertiary/aromatic N) is 2. The zero-order chi connectivity index (χ0) is 15.5. The highest BCUT2D eigenvalue weighted by atomic mass is 16.1. The molecule has 0 spiro atoms. The maximum atomic E-state index is 12.1. The summed E-state index contributed by atoms with van der Waals surface area (Å²) in [5, 5.41) is 7.55. The Kier molecular flexibility index (Phi) is 4.43. The van der Waals surface area contributed by atoms with E-state index in [1.165, 1.54) is 0 Å². The summed E-state index contributed by atoms with van der Waals surface area (Å²) >= 11 is 0. The number of hydrogen-bond acceptors (Lipinski definition) is 3. The molecule has 5 nitrogen and oxygen atoms in total. The van der Waals surface area contributed by atoms with Gasteiger partial charge >= 0.3 is 0 Å². The first-order valence-corrected chi connectivity index (χ1v) is 7.05. The van der Waals surface area contributed by atoms with E-state index in [1.54, 1.807) is 7.05 Å². The van der Waals surface area contributed by atoms with Gasteiger partial charge < -0.3 is 11.1 Å². The molecule has 112 valence electrons. The van der Waals surface area contributed by atoms with Crippen molar-refractivity contribution in [2.45, 2.75) is 32.4 Å². The number of benzene rings is 1. The van der Waals surface area contributed by atoms with E-state index in [9.17, 15) is 4.79 Å². The van der Waals surface area contributed by atoms with Gasteiger partial charge in [0.2, 0.25) is 5.91 Å². The number of likely N-dealkylation sites (N-methyl/N-ethyl adjacent to an activating group) is 1. The van der Waals surface area contributed by atoms with Gasteiger partial charge in [-0.05, 0) is 38.9 Å². The highest BCUT2D eigenvalue weighted by Gasteiger charge is 2.36. The third kappa shape index (κ3) is 2.97. The molecule has 0 fully saturated rings. The lowest BCUT2D eigenvalue weighted by Crippen LogP contribution is -2.51. The minimum absolute atomic E-state index is 0.377. The predicted octanol–water partition coefficient (Wildman–Crippen LogP) is 1.49. The van der Waals surface area contributed by atoms with Gasteiger partial charge in [-0.15, -0.1) is 0 Å². The minimum atomic E-state index is -0.881. The normalized spacial score (nSPS) is 13.9. The van der Waals surface area contributed by atoms with Crippen LogP contribution in [0, 0.1) is 13.8 Å². The Morgan fingerprint density at radius 2 is 2.00 bits per heavy atom. The molecule has 21 heavy (non-hydrogen) atoms. The smallest absolute Gasteiger partial charge is 0.242 e. The Hall–Kier alpha value is -2.14. The Morgan fingerprint density at radius 1 is 1.33 bits per heavy atom. The number of amides is 1. The van der Waals surface area contributed by atoms with E-state index in [-0.39, 0.29) is 5.91 Å². The van der Waals surface area contributed by atoms with Gasteiger partial charge in [0.25, 0.3) is 0 Å². The van der Waals surface area contributed by atoms with Crippen LogP contribution in [0.3, 0.4) is 0 Å². The van der Waals surface area contributed by atoms with Crippen molar-refractivity contribution in [1.29, 1.82) is 0 Å². The number of hydrogen-bond donors (Lipinski definition) is 2. The number of rotatable bonds is 6. The SMILES string of the molecule is CNC(CCn1nc(C)cc1C)(C(N)=O)c1ccccc1. The molecule has 0 aliphatic heterocycles. The number of aryl methyl sites for hydroxylation is 3. The monoisotopic (exact) mass is 286 g/mol. The predicted molar refractivity (Wildman–Crippen MR) is 82.7 cm³/mol. The molecule has 0 bridgehead atoms. The van der Waals surface area contributed by atoms with Crippen LogP contribution in [-0.2, 0) is 16.9 Å². The Labute approximate surface area is 125 Å². The summed E-state index contributed by atoms with van der Waals surface area (Å²) in [7, 11) is 1.76. The molecule has 0 saturated heterocycles. The fraction of sp³-hybridized carbons (Fsp3) is 0.375. The first-order valence-electron chi connectivity index (χ1n) is 7.05. The van der Waals surface area contributed by atoms with E-state index >= 15 is 0 Å². The van der Waals surface area contributed by atoms with E-state index in [4.69, 9.17) is 5.73 Å². The molecule has 2 aromatic rings. The largest absolute Gasteiger partial charge is 0.368 e. The number of carbonyl (C=O) groups excluding carboxylic acids is 1. The quantitative estimate of drug-likeness (QED) is 0.845. The van der Waals surface area contributed by atoms with Crippen molar-refractivity contribution in [3.05, 3.63) is 53.3 Å². The van der Waals surface area contributed by atoms with Gasteiger partial charge in [-0.25, -0.2) is 0 Å².